The lowest BCUT2D eigenvalue weighted by Crippen LogP contribution is -2.11. The van der Waals surface area contributed by atoms with E-state index < -0.39 is 10.1 Å². The Labute approximate surface area is 72.8 Å². The van der Waals surface area contributed by atoms with Crippen LogP contribution in [0.3, 0.4) is 0 Å². The van der Waals surface area contributed by atoms with Crippen LogP contribution in [-0.4, -0.2) is 27.2 Å². The minimum atomic E-state index is -3.28. The first-order valence-corrected chi connectivity index (χ1v) is 5.71. The van der Waals surface area contributed by atoms with Gasteiger partial charge in [-0.25, -0.2) is 0 Å². The summed E-state index contributed by atoms with van der Waals surface area (Å²) in [6, 6.07) is 0. The number of rotatable bonds is 5. The molecule has 0 aromatic rings. The van der Waals surface area contributed by atoms with Gasteiger partial charge in [-0.1, -0.05) is 6.92 Å². The van der Waals surface area contributed by atoms with Crippen LogP contribution in [0.1, 0.15) is 13.3 Å². The van der Waals surface area contributed by atoms with Crippen LogP contribution >= 0.6 is 11.6 Å². The molecule has 0 amide bonds. The van der Waals surface area contributed by atoms with Gasteiger partial charge in [0.25, 0.3) is 10.1 Å². The smallest absolute Gasteiger partial charge is 0.264 e. The quantitative estimate of drug-likeness (QED) is 0.495. The molecule has 0 heterocycles. The molecule has 0 aliphatic rings. The molecule has 0 aromatic heterocycles. The van der Waals surface area contributed by atoms with Gasteiger partial charge >= 0.3 is 0 Å². The van der Waals surface area contributed by atoms with E-state index in [1.807, 2.05) is 6.92 Å². The fraction of sp³-hybridized carbons (Fsp3) is 1.00. The van der Waals surface area contributed by atoms with Gasteiger partial charge in [0.1, 0.15) is 0 Å². The number of halogens is 1. The van der Waals surface area contributed by atoms with Crippen molar-refractivity contribution in [1.82, 2.24) is 0 Å². The predicted octanol–water partition coefficient (Wildman–Crippen LogP) is 1.23. The second-order valence-electron chi connectivity index (χ2n) is 2.57. The highest BCUT2D eigenvalue weighted by Gasteiger charge is 2.06. The van der Waals surface area contributed by atoms with Crippen molar-refractivity contribution in [1.29, 1.82) is 0 Å². The number of hydrogen-bond acceptors (Lipinski definition) is 3. The Hall–Kier alpha value is 0.200. The van der Waals surface area contributed by atoms with Crippen LogP contribution in [0, 0.1) is 5.92 Å². The average Bonchev–Trinajstić information content (AvgIpc) is 1.83. The largest absolute Gasteiger partial charge is 0.270 e. The van der Waals surface area contributed by atoms with E-state index in [0.29, 0.717) is 5.88 Å². The Morgan fingerprint density at radius 2 is 2.09 bits per heavy atom. The van der Waals surface area contributed by atoms with Crippen LogP contribution in [0.15, 0.2) is 0 Å². The Kier molecular flexibility index (Phi) is 5.04. The molecule has 0 N–H and O–H groups in total. The molecule has 0 saturated carbocycles. The first kappa shape index (κ1) is 11.2. The molecule has 5 heteroatoms. The molecule has 0 aliphatic heterocycles. The fourth-order valence-corrected chi connectivity index (χ4v) is 1.36. The Morgan fingerprint density at radius 3 is 2.45 bits per heavy atom. The molecule has 3 nitrogen and oxygen atoms in total. The zero-order valence-electron chi connectivity index (χ0n) is 6.71. The van der Waals surface area contributed by atoms with Gasteiger partial charge in [0, 0.05) is 5.88 Å². The third kappa shape index (κ3) is 8.10. The summed E-state index contributed by atoms with van der Waals surface area (Å²) in [6.07, 6.45) is 1.82. The average molecular weight is 201 g/mol. The molecule has 0 radical (unpaired) electrons. The van der Waals surface area contributed by atoms with Gasteiger partial charge in [0.15, 0.2) is 0 Å². The molecule has 0 spiro atoms. The SMILES string of the molecule is CC(CCCl)COS(C)(=O)=O. The van der Waals surface area contributed by atoms with Crippen molar-refractivity contribution in [2.24, 2.45) is 5.92 Å². The monoisotopic (exact) mass is 200 g/mol. The molecule has 11 heavy (non-hydrogen) atoms. The molecular weight excluding hydrogens is 188 g/mol. The minimum Gasteiger partial charge on any atom is -0.270 e. The third-order valence-corrected chi connectivity index (χ3v) is 1.95. The molecule has 0 rings (SSSR count). The minimum absolute atomic E-state index is 0.197. The maximum Gasteiger partial charge on any atom is 0.264 e. The Balaban J connectivity index is 3.54. The third-order valence-electron chi connectivity index (χ3n) is 1.17. The van der Waals surface area contributed by atoms with Crippen molar-refractivity contribution in [2.45, 2.75) is 13.3 Å². The zero-order chi connectivity index (χ0) is 8.91. The summed E-state index contributed by atoms with van der Waals surface area (Å²) in [5.74, 6) is 0.733. The molecule has 1 unspecified atom stereocenters. The van der Waals surface area contributed by atoms with Gasteiger partial charge in [-0.3, -0.25) is 4.18 Å². The van der Waals surface area contributed by atoms with E-state index in [1.165, 1.54) is 0 Å². The molecular formula is C6H13ClO3S. The highest BCUT2D eigenvalue weighted by atomic mass is 35.5. The van der Waals surface area contributed by atoms with Gasteiger partial charge in [-0.2, -0.15) is 8.42 Å². The molecule has 0 aromatic carbocycles. The van der Waals surface area contributed by atoms with Crippen molar-refractivity contribution in [3.63, 3.8) is 0 Å². The number of alkyl halides is 1. The molecule has 0 aliphatic carbocycles. The van der Waals surface area contributed by atoms with Crippen LogP contribution in [0.5, 0.6) is 0 Å². The lowest BCUT2D eigenvalue weighted by atomic mass is 10.1. The maximum atomic E-state index is 10.5. The Bertz CT molecular complexity index is 188. The van der Waals surface area contributed by atoms with Crippen LogP contribution in [-0.2, 0) is 14.3 Å². The van der Waals surface area contributed by atoms with Crippen LogP contribution in [0.25, 0.3) is 0 Å². The van der Waals surface area contributed by atoms with Crippen molar-refractivity contribution < 1.29 is 12.6 Å². The summed E-state index contributed by atoms with van der Waals surface area (Å²) in [7, 11) is -3.28. The van der Waals surface area contributed by atoms with Gasteiger partial charge in [-0.05, 0) is 12.3 Å². The lowest BCUT2D eigenvalue weighted by Gasteiger charge is -2.07. The van der Waals surface area contributed by atoms with Gasteiger partial charge in [-0.15, -0.1) is 11.6 Å². The predicted molar refractivity (Wildman–Crippen MR) is 45.3 cm³/mol. The Morgan fingerprint density at radius 1 is 1.55 bits per heavy atom. The fourth-order valence-electron chi connectivity index (χ4n) is 0.509. The molecule has 0 saturated heterocycles. The first-order chi connectivity index (χ1) is 4.95. The summed E-state index contributed by atoms with van der Waals surface area (Å²) >= 11 is 5.44. The van der Waals surface area contributed by atoms with Crippen LogP contribution < -0.4 is 0 Å². The molecule has 68 valence electrons. The lowest BCUT2D eigenvalue weighted by molar-refractivity contribution is 0.264. The van der Waals surface area contributed by atoms with Crippen molar-refractivity contribution in [3.05, 3.63) is 0 Å². The summed E-state index contributed by atoms with van der Waals surface area (Å²) in [5, 5.41) is 0. The zero-order valence-corrected chi connectivity index (χ0v) is 8.28. The highest BCUT2D eigenvalue weighted by molar-refractivity contribution is 7.85. The van der Waals surface area contributed by atoms with E-state index in [4.69, 9.17) is 11.6 Å². The molecule has 0 fully saturated rings. The molecule has 0 bridgehead atoms. The van der Waals surface area contributed by atoms with Gasteiger partial charge < -0.3 is 0 Å². The first-order valence-electron chi connectivity index (χ1n) is 3.36. The van der Waals surface area contributed by atoms with Crippen molar-refractivity contribution >= 4 is 21.7 Å². The topological polar surface area (TPSA) is 43.4 Å². The number of hydrogen-bond donors (Lipinski definition) is 0. The van der Waals surface area contributed by atoms with E-state index >= 15 is 0 Å². The second kappa shape index (κ2) is 4.95. The highest BCUT2D eigenvalue weighted by Crippen LogP contribution is 2.04. The summed E-state index contributed by atoms with van der Waals surface area (Å²) in [4.78, 5) is 0. The van der Waals surface area contributed by atoms with E-state index in [-0.39, 0.29) is 12.5 Å². The van der Waals surface area contributed by atoms with Crippen molar-refractivity contribution in [2.75, 3.05) is 18.7 Å². The molecule has 1 atom stereocenters. The normalized spacial score (nSPS) is 14.8. The van der Waals surface area contributed by atoms with Crippen LogP contribution in [0.4, 0.5) is 0 Å². The van der Waals surface area contributed by atoms with E-state index in [9.17, 15) is 8.42 Å². The van der Waals surface area contributed by atoms with E-state index in [2.05, 4.69) is 4.18 Å². The van der Waals surface area contributed by atoms with Gasteiger partial charge in [0.05, 0.1) is 12.9 Å². The standard InChI is InChI=1S/C6H13ClO3S/c1-6(3-4-7)5-10-11(2,8)9/h6H,3-5H2,1-2H3. The summed E-state index contributed by atoms with van der Waals surface area (Å²) in [5.41, 5.74) is 0. The van der Waals surface area contributed by atoms with E-state index in [0.717, 1.165) is 12.7 Å². The summed E-state index contributed by atoms with van der Waals surface area (Å²) < 4.78 is 25.5. The van der Waals surface area contributed by atoms with Crippen molar-refractivity contribution in [3.8, 4) is 0 Å². The van der Waals surface area contributed by atoms with Crippen LogP contribution in [0.2, 0.25) is 0 Å². The summed E-state index contributed by atoms with van der Waals surface area (Å²) in [6.45, 7) is 2.12. The second-order valence-corrected chi connectivity index (χ2v) is 4.59. The van der Waals surface area contributed by atoms with E-state index in [1.54, 1.807) is 0 Å². The van der Waals surface area contributed by atoms with Gasteiger partial charge in [0.2, 0.25) is 0 Å². The maximum absolute atomic E-state index is 10.5.